The summed E-state index contributed by atoms with van der Waals surface area (Å²) >= 11 is 6.80. The lowest BCUT2D eigenvalue weighted by Gasteiger charge is -2.12. The molecule has 98 valence electrons. The number of halogens is 1. The minimum Gasteiger partial charge on any atom is -0.479 e. The summed E-state index contributed by atoms with van der Waals surface area (Å²) in [5, 5.41) is 20.5. The molecule has 8 heteroatoms. The van der Waals surface area contributed by atoms with Crippen LogP contribution in [-0.4, -0.2) is 27.2 Å². The molecule has 2 N–H and O–H groups in total. The Hall–Kier alpha value is -1.99. The number of aliphatic carboxylic acids is 1. The van der Waals surface area contributed by atoms with Crippen LogP contribution in [0.4, 0.5) is 0 Å². The van der Waals surface area contributed by atoms with Crippen LogP contribution < -0.4 is 5.32 Å². The van der Waals surface area contributed by atoms with Gasteiger partial charge in [0.25, 0.3) is 5.91 Å². The van der Waals surface area contributed by atoms with Crippen molar-refractivity contribution in [2.24, 2.45) is 0 Å². The van der Waals surface area contributed by atoms with Gasteiger partial charge in [0.1, 0.15) is 0 Å². The third-order valence-corrected chi connectivity index (χ3v) is 3.35. The number of nitrogens with one attached hydrogen (secondary N) is 1. The van der Waals surface area contributed by atoms with E-state index in [1.807, 2.05) is 0 Å². The van der Waals surface area contributed by atoms with Gasteiger partial charge in [-0.1, -0.05) is 17.7 Å². The van der Waals surface area contributed by atoms with Crippen LogP contribution >= 0.6 is 22.9 Å². The Kier molecular flexibility index (Phi) is 4.08. The van der Waals surface area contributed by atoms with E-state index < -0.39 is 17.9 Å². The number of nitrogens with zero attached hydrogens (tertiary/aromatic N) is 2. The van der Waals surface area contributed by atoms with E-state index in [0.29, 0.717) is 4.88 Å². The van der Waals surface area contributed by atoms with Gasteiger partial charge in [-0.2, -0.15) is 0 Å². The second-order valence-corrected chi connectivity index (χ2v) is 4.87. The molecule has 19 heavy (non-hydrogen) atoms. The van der Waals surface area contributed by atoms with Crippen LogP contribution in [-0.2, 0) is 4.79 Å². The number of thiophene rings is 1. The summed E-state index contributed by atoms with van der Waals surface area (Å²) in [6.07, 6.45) is 0. The Morgan fingerprint density at radius 1 is 1.32 bits per heavy atom. The summed E-state index contributed by atoms with van der Waals surface area (Å²) in [6, 6.07) is 5.02. The van der Waals surface area contributed by atoms with Crippen molar-refractivity contribution in [3.63, 3.8) is 0 Å². The van der Waals surface area contributed by atoms with Crippen molar-refractivity contribution < 1.29 is 14.7 Å². The van der Waals surface area contributed by atoms with Crippen LogP contribution in [0.3, 0.4) is 0 Å². The first-order valence-electron chi connectivity index (χ1n) is 5.14. The van der Waals surface area contributed by atoms with Gasteiger partial charge in [-0.3, -0.25) is 4.79 Å². The molecule has 1 atom stereocenters. The molecule has 1 unspecified atom stereocenters. The molecule has 0 fully saturated rings. The zero-order valence-corrected chi connectivity index (χ0v) is 11.0. The molecule has 2 aromatic rings. The first-order valence-corrected chi connectivity index (χ1v) is 6.40. The Labute approximate surface area is 117 Å². The number of aromatic nitrogens is 2. The quantitative estimate of drug-likeness (QED) is 0.897. The third kappa shape index (κ3) is 3.27. The van der Waals surface area contributed by atoms with Crippen LogP contribution in [0.2, 0.25) is 5.15 Å². The first-order chi connectivity index (χ1) is 9.08. The predicted octanol–water partition coefficient (Wildman–Crippen LogP) is 1.75. The highest BCUT2D eigenvalue weighted by atomic mass is 35.5. The first kappa shape index (κ1) is 13.4. The Bertz CT molecular complexity index is 586. The molecule has 0 bridgehead atoms. The van der Waals surface area contributed by atoms with Crippen molar-refractivity contribution >= 4 is 34.8 Å². The van der Waals surface area contributed by atoms with Crippen molar-refractivity contribution in [3.8, 4) is 0 Å². The second-order valence-electron chi connectivity index (χ2n) is 3.50. The fourth-order valence-corrected chi connectivity index (χ4v) is 2.22. The molecule has 1 amide bonds. The Balaban J connectivity index is 2.16. The van der Waals surface area contributed by atoms with E-state index >= 15 is 0 Å². The van der Waals surface area contributed by atoms with E-state index in [0.717, 1.165) is 0 Å². The van der Waals surface area contributed by atoms with Crippen LogP contribution in [0, 0.1) is 0 Å². The van der Waals surface area contributed by atoms with Gasteiger partial charge in [-0.25, -0.2) is 4.79 Å². The minimum absolute atomic E-state index is 0.00667. The average molecular weight is 298 g/mol. The van der Waals surface area contributed by atoms with E-state index in [2.05, 4.69) is 15.5 Å². The molecule has 2 rings (SSSR count). The summed E-state index contributed by atoms with van der Waals surface area (Å²) in [5.41, 5.74) is 0.00667. The van der Waals surface area contributed by atoms with E-state index in [1.165, 1.54) is 23.5 Å². The normalized spacial score (nSPS) is 11.8. The lowest BCUT2D eigenvalue weighted by Crippen LogP contribution is -2.33. The Morgan fingerprint density at radius 2 is 2.11 bits per heavy atom. The fourth-order valence-electron chi connectivity index (χ4n) is 1.35. The van der Waals surface area contributed by atoms with Crippen molar-refractivity contribution in [3.05, 3.63) is 45.4 Å². The second kappa shape index (κ2) is 5.77. The van der Waals surface area contributed by atoms with E-state index in [-0.39, 0.29) is 10.8 Å². The highest BCUT2D eigenvalue weighted by molar-refractivity contribution is 7.10. The highest BCUT2D eigenvalue weighted by Crippen LogP contribution is 2.19. The van der Waals surface area contributed by atoms with Gasteiger partial charge in [0.2, 0.25) is 0 Å². The van der Waals surface area contributed by atoms with Gasteiger partial charge < -0.3 is 10.4 Å². The molecule has 0 aliphatic heterocycles. The number of carboxylic acids is 1. The third-order valence-electron chi connectivity index (χ3n) is 2.21. The van der Waals surface area contributed by atoms with Crippen molar-refractivity contribution in [1.29, 1.82) is 0 Å². The number of hydrogen-bond donors (Lipinski definition) is 2. The maximum Gasteiger partial charge on any atom is 0.331 e. The van der Waals surface area contributed by atoms with E-state index in [9.17, 15) is 9.59 Å². The molecule has 0 spiro atoms. The molecular formula is C11H8ClN3O3S. The van der Waals surface area contributed by atoms with Gasteiger partial charge in [0.05, 0.1) is 0 Å². The van der Waals surface area contributed by atoms with Crippen LogP contribution in [0.1, 0.15) is 21.4 Å². The van der Waals surface area contributed by atoms with E-state index in [1.54, 1.807) is 17.5 Å². The van der Waals surface area contributed by atoms with Crippen LogP contribution in [0.25, 0.3) is 0 Å². The zero-order valence-electron chi connectivity index (χ0n) is 9.41. The number of carboxylic acid groups (broad SMARTS) is 1. The van der Waals surface area contributed by atoms with Gasteiger partial charge >= 0.3 is 5.97 Å². The summed E-state index contributed by atoms with van der Waals surface area (Å²) in [4.78, 5) is 23.5. The molecule has 0 saturated heterocycles. The molecule has 2 heterocycles. The number of carbonyl (C=O) groups is 2. The summed E-state index contributed by atoms with van der Waals surface area (Å²) in [7, 11) is 0. The van der Waals surface area contributed by atoms with Gasteiger partial charge in [0.15, 0.2) is 16.9 Å². The molecule has 0 aliphatic rings. The van der Waals surface area contributed by atoms with E-state index in [4.69, 9.17) is 16.7 Å². The molecule has 6 nitrogen and oxygen atoms in total. The molecule has 0 aliphatic carbocycles. The molecule has 0 saturated carbocycles. The summed E-state index contributed by atoms with van der Waals surface area (Å²) in [6.45, 7) is 0. The molecule has 0 aromatic carbocycles. The van der Waals surface area contributed by atoms with Gasteiger partial charge in [-0.15, -0.1) is 21.5 Å². The lowest BCUT2D eigenvalue weighted by atomic mass is 10.2. The molecule has 2 aromatic heterocycles. The minimum atomic E-state index is -1.14. The molecule has 0 radical (unpaired) electrons. The monoisotopic (exact) mass is 297 g/mol. The largest absolute Gasteiger partial charge is 0.479 e. The van der Waals surface area contributed by atoms with Crippen LogP contribution in [0.15, 0.2) is 29.6 Å². The number of amides is 1. The predicted molar refractivity (Wildman–Crippen MR) is 69.2 cm³/mol. The van der Waals surface area contributed by atoms with Crippen molar-refractivity contribution in [2.75, 3.05) is 0 Å². The SMILES string of the molecule is O=C(NC(C(=O)O)c1cccs1)c1ccc(Cl)nn1. The van der Waals surface area contributed by atoms with Crippen LogP contribution in [0.5, 0.6) is 0 Å². The number of carbonyl (C=O) groups excluding carboxylic acids is 1. The van der Waals surface area contributed by atoms with Crippen molar-refractivity contribution in [1.82, 2.24) is 15.5 Å². The topological polar surface area (TPSA) is 92.2 Å². The Morgan fingerprint density at radius 3 is 2.63 bits per heavy atom. The number of rotatable bonds is 4. The summed E-state index contributed by atoms with van der Waals surface area (Å²) in [5.74, 6) is -1.76. The number of hydrogen-bond acceptors (Lipinski definition) is 5. The maximum absolute atomic E-state index is 11.9. The smallest absolute Gasteiger partial charge is 0.331 e. The van der Waals surface area contributed by atoms with Crippen molar-refractivity contribution in [2.45, 2.75) is 6.04 Å². The highest BCUT2D eigenvalue weighted by Gasteiger charge is 2.24. The fraction of sp³-hybridized carbons (Fsp3) is 0.0909. The standard InChI is InChI=1S/C11H8ClN3O3S/c12-8-4-3-6(14-15-8)10(16)13-9(11(17)18)7-2-1-5-19-7/h1-5,9H,(H,13,16)(H,17,18). The average Bonchev–Trinajstić information content (AvgIpc) is 2.89. The zero-order chi connectivity index (χ0) is 13.8. The lowest BCUT2D eigenvalue weighted by molar-refractivity contribution is -0.139. The van der Waals surface area contributed by atoms with Gasteiger partial charge in [0, 0.05) is 4.88 Å². The van der Waals surface area contributed by atoms with Gasteiger partial charge in [-0.05, 0) is 23.6 Å². The maximum atomic E-state index is 11.9. The molecular weight excluding hydrogens is 290 g/mol. The summed E-state index contributed by atoms with van der Waals surface area (Å²) < 4.78 is 0.